The van der Waals surface area contributed by atoms with Crippen molar-refractivity contribution in [2.24, 2.45) is 7.05 Å². The van der Waals surface area contributed by atoms with E-state index < -0.39 is 10.9 Å². The van der Waals surface area contributed by atoms with Crippen molar-refractivity contribution in [1.29, 1.82) is 0 Å². The molecule has 2 heterocycles. The van der Waals surface area contributed by atoms with Gasteiger partial charge in [0.2, 0.25) is 4.90 Å². The molecule has 7 nitrogen and oxygen atoms in total. The molecule has 0 saturated carbocycles. The summed E-state index contributed by atoms with van der Waals surface area (Å²) >= 11 is 0. The molecule has 1 fully saturated rings. The van der Waals surface area contributed by atoms with Crippen molar-refractivity contribution >= 4 is 27.7 Å². The summed E-state index contributed by atoms with van der Waals surface area (Å²) in [5.41, 5.74) is 0.935. The molecule has 4 rings (SSSR count). The predicted octanol–water partition coefficient (Wildman–Crippen LogP) is 1.76. The maximum Gasteiger partial charge on any atom is 0.305 e. The molecule has 31 heavy (non-hydrogen) atoms. The van der Waals surface area contributed by atoms with E-state index >= 15 is 0 Å². The second-order valence-electron chi connectivity index (χ2n) is 7.30. The van der Waals surface area contributed by atoms with E-state index in [0.29, 0.717) is 57.5 Å². The van der Waals surface area contributed by atoms with Crippen molar-refractivity contribution in [1.82, 2.24) is 9.47 Å². The molecule has 0 N–H and O–H groups in total. The van der Waals surface area contributed by atoms with E-state index in [4.69, 9.17) is 9.47 Å². The summed E-state index contributed by atoms with van der Waals surface area (Å²) in [6.07, 6.45) is 0. The third-order valence-corrected chi connectivity index (χ3v) is 7.92. The first-order valence-corrected chi connectivity index (χ1v) is 11.5. The van der Waals surface area contributed by atoms with Gasteiger partial charge in [0, 0.05) is 23.5 Å². The van der Waals surface area contributed by atoms with Gasteiger partial charge in [-0.15, -0.1) is 0 Å². The molecular weight excluding hydrogens is 416 g/mol. The molecule has 0 spiro atoms. The van der Waals surface area contributed by atoms with Crippen LogP contribution >= 0.6 is 0 Å². The Morgan fingerprint density at radius 1 is 1.03 bits per heavy atom. The van der Waals surface area contributed by atoms with Crippen LogP contribution in [0.2, 0.25) is 0 Å². The predicted molar refractivity (Wildman–Crippen MR) is 119 cm³/mol. The Hall–Kier alpha value is -3.13. The summed E-state index contributed by atoms with van der Waals surface area (Å²) in [4.78, 5) is 28.0. The SMILES string of the molecule is COc1ccc(C(=O)N2CC[S+](c3c([O-])c4ccccc4n(C)c3=O)CC2)cc1OC. The van der Waals surface area contributed by atoms with Crippen LogP contribution in [-0.2, 0) is 17.9 Å². The molecule has 3 aromatic rings. The van der Waals surface area contributed by atoms with Gasteiger partial charge < -0.3 is 24.0 Å². The number of aromatic nitrogens is 1. The van der Waals surface area contributed by atoms with Gasteiger partial charge in [-0.2, -0.15) is 0 Å². The van der Waals surface area contributed by atoms with Crippen LogP contribution in [0.3, 0.4) is 0 Å². The van der Waals surface area contributed by atoms with Gasteiger partial charge in [-0.1, -0.05) is 18.2 Å². The fourth-order valence-corrected chi connectivity index (χ4v) is 6.16. The highest BCUT2D eigenvalue weighted by atomic mass is 32.2. The van der Waals surface area contributed by atoms with E-state index in [1.165, 1.54) is 7.11 Å². The lowest BCUT2D eigenvalue weighted by Crippen LogP contribution is -2.45. The number of amides is 1. The number of hydrogen-bond acceptors (Lipinski definition) is 5. The van der Waals surface area contributed by atoms with Gasteiger partial charge in [-0.25, -0.2) is 0 Å². The first kappa shape index (κ1) is 21.1. The number of carbonyl (C=O) groups is 1. The number of para-hydroxylation sites is 1. The average molecular weight is 441 g/mol. The molecule has 2 aromatic carbocycles. The highest BCUT2D eigenvalue weighted by Crippen LogP contribution is 2.31. The summed E-state index contributed by atoms with van der Waals surface area (Å²) in [6.45, 7) is 0.984. The van der Waals surface area contributed by atoms with Crippen molar-refractivity contribution in [2.75, 3.05) is 38.8 Å². The first-order valence-electron chi connectivity index (χ1n) is 9.93. The monoisotopic (exact) mass is 440 g/mol. The molecule has 0 aliphatic carbocycles. The number of hydrogen-bond donors (Lipinski definition) is 0. The Kier molecular flexibility index (Phi) is 5.82. The molecule has 8 heteroatoms. The molecule has 1 saturated heterocycles. The molecule has 0 radical (unpaired) electrons. The minimum absolute atomic E-state index is 0.0991. The normalized spacial score (nSPS) is 14.6. The van der Waals surface area contributed by atoms with E-state index in [2.05, 4.69) is 0 Å². The third kappa shape index (κ3) is 3.72. The summed E-state index contributed by atoms with van der Waals surface area (Å²) in [5.74, 6) is 1.98. The number of ether oxygens (including phenoxy) is 2. The fraction of sp³-hybridized carbons (Fsp3) is 0.304. The Balaban J connectivity index is 1.56. The molecule has 162 valence electrons. The van der Waals surface area contributed by atoms with Crippen LogP contribution in [0.15, 0.2) is 52.2 Å². The van der Waals surface area contributed by atoms with Crippen molar-refractivity contribution in [3.05, 3.63) is 58.4 Å². The highest BCUT2D eigenvalue weighted by molar-refractivity contribution is 7.97. The quantitative estimate of drug-likeness (QED) is 0.578. The van der Waals surface area contributed by atoms with Gasteiger partial charge in [0.1, 0.15) is 11.5 Å². The Bertz CT molecular complexity index is 1200. The maximum atomic E-state index is 13.1. The van der Waals surface area contributed by atoms with E-state index in [-0.39, 0.29) is 17.2 Å². The Morgan fingerprint density at radius 2 is 1.71 bits per heavy atom. The first-order chi connectivity index (χ1) is 15.0. The molecular formula is C23H24N2O5S. The van der Waals surface area contributed by atoms with Gasteiger partial charge in [0.05, 0.1) is 32.8 Å². The number of benzene rings is 2. The fourth-order valence-electron chi connectivity index (χ4n) is 3.91. The van der Waals surface area contributed by atoms with E-state index in [9.17, 15) is 14.7 Å². The number of aryl methyl sites for hydroxylation is 1. The van der Waals surface area contributed by atoms with Gasteiger partial charge in [0.25, 0.3) is 5.91 Å². The summed E-state index contributed by atoms with van der Waals surface area (Å²) < 4.78 is 12.1. The third-order valence-electron chi connectivity index (χ3n) is 5.64. The summed E-state index contributed by atoms with van der Waals surface area (Å²) in [7, 11) is 4.29. The summed E-state index contributed by atoms with van der Waals surface area (Å²) in [5, 5.41) is 13.6. The van der Waals surface area contributed by atoms with Crippen LogP contribution in [0.1, 0.15) is 10.4 Å². The molecule has 0 unspecified atom stereocenters. The van der Waals surface area contributed by atoms with Crippen molar-refractivity contribution in [3.63, 3.8) is 0 Å². The number of methoxy groups -OCH3 is 2. The van der Waals surface area contributed by atoms with Gasteiger partial charge >= 0.3 is 5.56 Å². The molecule has 1 aliphatic rings. The zero-order chi connectivity index (χ0) is 22.1. The van der Waals surface area contributed by atoms with Crippen molar-refractivity contribution in [3.8, 4) is 17.2 Å². The van der Waals surface area contributed by atoms with Crippen LogP contribution in [0.4, 0.5) is 0 Å². The largest absolute Gasteiger partial charge is 0.868 e. The van der Waals surface area contributed by atoms with Crippen molar-refractivity contribution in [2.45, 2.75) is 4.90 Å². The average Bonchev–Trinajstić information content (AvgIpc) is 2.82. The molecule has 1 aromatic heterocycles. The van der Waals surface area contributed by atoms with Crippen LogP contribution in [0, 0.1) is 0 Å². The lowest BCUT2D eigenvalue weighted by Gasteiger charge is -2.28. The van der Waals surface area contributed by atoms with Crippen LogP contribution in [0.25, 0.3) is 10.9 Å². The Morgan fingerprint density at radius 3 is 2.39 bits per heavy atom. The molecule has 0 bridgehead atoms. The Labute approximate surface area is 183 Å². The topological polar surface area (TPSA) is 83.8 Å². The standard InChI is InChI=1S/C23H24N2O5S/c1-24-17-7-5-4-6-16(17)20(26)21(23(24)28)31-12-10-25(11-13-31)22(27)15-8-9-18(29-2)19(14-15)30-3/h4-9,14H,10-13H2,1-3H3. The zero-order valence-corrected chi connectivity index (χ0v) is 18.5. The molecule has 1 amide bonds. The smallest absolute Gasteiger partial charge is 0.305 e. The van der Waals surface area contributed by atoms with Gasteiger partial charge in [0.15, 0.2) is 11.5 Å². The number of rotatable bonds is 4. The molecule has 0 atom stereocenters. The lowest BCUT2D eigenvalue weighted by molar-refractivity contribution is -0.270. The lowest BCUT2D eigenvalue weighted by atomic mass is 10.1. The van der Waals surface area contributed by atoms with E-state index in [1.54, 1.807) is 54.0 Å². The van der Waals surface area contributed by atoms with Crippen LogP contribution in [-0.4, -0.2) is 54.2 Å². The minimum Gasteiger partial charge on any atom is -0.868 e. The van der Waals surface area contributed by atoms with Crippen LogP contribution in [0.5, 0.6) is 17.2 Å². The number of pyridine rings is 1. The number of nitrogens with zero attached hydrogens (tertiary/aromatic N) is 2. The number of carbonyl (C=O) groups excluding carboxylic acids is 1. The van der Waals surface area contributed by atoms with Crippen LogP contribution < -0.4 is 20.1 Å². The number of fused-ring (bicyclic) bond motifs is 1. The van der Waals surface area contributed by atoms with Gasteiger partial charge in [-0.3, -0.25) is 9.59 Å². The van der Waals surface area contributed by atoms with Crippen molar-refractivity contribution < 1.29 is 19.4 Å². The highest BCUT2D eigenvalue weighted by Gasteiger charge is 2.35. The zero-order valence-electron chi connectivity index (χ0n) is 17.7. The van der Waals surface area contributed by atoms with E-state index in [1.807, 2.05) is 12.1 Å². The second-order valence-corrected chi connectivity index (χ2v) is 9.51. The second kappa shape index (κ2) is 8.55. The minimum atomic E-state index is -0.487. The summed E-state index contributed by atoms with van der Waals surface area (Å²) in [6, 6.07) is 12.3. The molecule has 1 aliphatic heterocycles. The van der Waals surface area contributed by atoms with Gasteiger partial charge in [-0.05, 0) is 35.4 Å². The maximum absolute atomic E-state index is 13.1. The van der Waals surface area contributed by atoms with E-state index in [0.717, 1.165) is 0 Å².